The van der Waals surface area contributed by atoms with Gasteiger partial charge >= 0.3 is 5.97 Å². The Labute approximate surface area is 219 Å². The van der Waals surface area contributed by atoms with E-state index in [2.05, 4.69) is 10.4 Å². The summed E-state index contributed by atoms with van der Waals surface area (Å²) in [5.74, 6) is 0.230. The molecule has 37 heavy (non-hydrogen) atoms. The largest absolute Gasteiger partial charge is 0.466 e. The maximum absolute atomic E-state index is 13.2. The van der Waals surface area contributed by atoms with Gasteiger partial charge in [-0.3, -0.25) is 14.4 Å². The summed E-state index contributed by atoms with van der Waals surface area (Å²) >= 11 is 6.11. The average molecular weight is 525 g/mol. The van der Waals surface area contributed by atoms with Gasteiger partial charge < -0.3 is 19.7 Å². The Kier molecular flexibility index (Phi) is 8.13. The molecule has 3 aromatic rings. The molecule has 0 bridgehead atoms. The number of benzene rings is 2. The number of hydrogen-bond acceptors (Lipinski definition) is 7. The number of anilines is 2. The number of amides is 1. The van der Waals surface area contributed by atoms with Gasteiger partial charge in [0.05, 0.1) is 18.7 Å². The van der Waals surface area contributed by atoms with Crippen molar-refractivity contribution in [3.8, 4) is 11.5 Å². The van der Waals surface area contributed by atoms with E-state index in [0.29, 0.717) is 54.6 Å². The van der Waals surface area contributed by atoms with E-state index in [-0.39, 0.29) is 34.8 Å². The molecule has 4 rings (SSSR count). The number of hydrogen-bond donors (Lipinski definition) is 1. The third-order valence-electron chi connectivity index (χ3n) is 6.24. The zero-order valence-corrected chi connectivity index (χ0v) is 21.7. The molecule has 10 heteroatoms. The van der Waals surface area contributed by atoms with Crippen molar-refractivity contribution in [2.75, 3.05) is 25.0 Å². The maximum atomic E-state index is 13.2. The molecule has 1 aromatic heterocycles. The quantitative estimate of drug-likeness (QED) is 0.447. The lowest BCUT2D eigenvalue weighted by atomic mass is 9.96. The molecule has 2 aromatic carbocycles. The number of piperidine rings is 1. The topological polar surface area (TPSA) is 103 Å². The molecule has 0 saturated carbocycles. The zero-order valence-electron chi connectivity index (χ0n) is 21.0. The molecule has 0 spiro atoms. The smallest absolute Gasteiger partial charge is 0.309 e. The SMILES string of the molecule is CCOC(=O)C1CCN(C(=O)c2cccc(Nc3c(Oc4ccc(Cl)c(C)c4)cnn(C)c3=O)c2)CC1. The van der Waals surface area contributed by atoms with E-state index in [4.69, 9.17) is 21.1 Å². The highest BCUT2D eigenvalue weighted by Crippen LogP contribution is 2.31. The van der Waals surface area contributed by atoms with Crippen LogP contribution in [-0.4, -0.2) is 46.3 Å². The summed E-state index contributed by atoms with van der Waals surface area (Å²) in [6.45, 7) is 4.95. The molecule has 1 aliphatic heterocycles. The van der Waals surface area contributed by atoms with Gasteiger partial charge in [0.15, 0.2) is 11.4 Å². The van der Waals surface area contributed by atoms with Crippen molar-refractivity contribution in [2.24, 2.45) is 13.0 Å². The van der Waals surface area contributed by atoms with Gasteiger partial charge in [0.25, 0.3) is 11.5 Å². The average Bonchev–Trinajstić information content (AvgIpc) is 2.90. The van der Waals surface area contributed by atoms with Crippen LogP contribution in [0.25, 0.3) is 0 Å². The van der Waals surface area contributed by atoms with Gasteiger partial charge in [0.2, 0.25) is 0 Å². The normalized spacial score (nSPS) is 13.8. The number of halogens is 1. The van der Waals surface area contributed by atoms with Crippen LogP contribution in [0.5, 0.6) is 11.5 Å². The Morgan fingerprint density at radius 2 is 1.92 bits per heavy atom. The van der Waals surface area contributed by atoms with E-state index in [0.717, 1.165) is 5.56 Å². The summed E-state index contributed by atoms with van der Waals surface area (Å²) in [5.41, 5.74) is 1.66. The van der Waals surface area contributed by atoms with E-state index in [1.807, 2.05) is 6.92 Å². The molecule has 1 N–H and O–H groups in total. The van der Waals surface area contributed by atoms with Gasteiger partial charge in [-0.1, -0.05) is 17.7 Å². The number of carbonyl (C=O) groups excluding carboxylic acids is 2. The summed E-state index contributed by atoms with van der Waals surface area (Å²) in [6.07, 6.45) is 2.59. The zero-order chi connectivity index (χ0) is 26.5. The van der Waals surface area contributed by atoms with Gasteiger partial charge in [0.1, 0.15) is 5.75 Å². The molecule has 0 radical (unpaired) electrons. The fourth-order valence-corrected chi connectivity index (χ4v) is 4.28. The lowest BCUT2D eigenvalue weighted by Crippen LogP contribution is -2.40. The molecule has 9 nitrogen and oxygen atoms in total. The molecular weight excluding hydrogens is 496 g/mol. The second kappa shape index (κ2) is 11.5. The van der Waals surface area contributed by atoms with Crippen LogP contribution in [0.1, 0.15) is 35.7 Å². The standard InChI is InChI=1S/C27H29ClN4O5/c1-4-36-27(35)18-10-12-32(13-11-18)25(33)19-6-5-7-20(15-19)30-24-23(16-29-31(3)26(24)34)37-21-8-9-22(28)17(2)14-21/h5-9,14-16,18,30H,4,10-13H2,1-3H3. The first-order valence-corrected chi connectivity index (χ1v) is 12.5. The molecule has 1 amide bonds. The summed E-state index contributed by atoms with van der Waals surface area (Å²) in [7, 11) is 1.55. The van der Waals surface area contributed by atoms with Gasteiger partial charge in [-0.05, 0) is 68.7 Å². The third-order valence-corrected chi connectivity index (χ3v) is 6.66. The molecule has 194 valence electrons. The summed E-state index contributed by atoms with van der Waals surface area (Å²) in [5, 5.41) is 7.79. The number of esters is 1. The van der Waals surface area contributed by atoms with Crippen molar-refractivity contribution in [3.63, 3.8) is 0 Å². The lowest BCUT2D eigenvalue weighted by Gasteiger charge is -2.31. The first kappa shape index (κ1) is 26.2. The van der Waals surface area contributed by atoms with Crippen molar-refractivity contribution in [1.29, 1.82) is 0 Å². The fraction of sp³-hybridized carbons (Fsp3) is 0.333. The maximum Gasteiger partial charge on any atom is 0.309 e. The number of likely N-dealkylation sites (tertiary alicyclic amines) is 1. The molecule has 2 heterocycles. The first-order valence-electron chi connectivity index (χ1n) is 12.1. The first-order chi connectivity index (χ1) is 17.8. The number of ether oxygens (including phenoxy) is 2. The van der Waals surface area contributed by atoms with Crippen LogP contribution in [0.3, 0.4) is 0 Å². The van der Waals surface area contributed by atoms with Crippen LogP contribution >= 0.6 is 11.6 Å². The number of aromatic nitrogens is 2. The Hall–Kier alpha value is -3.85. The lowest BCUT2D eigenvalue weighted by molar-refractivity contribution is -0.149. The van der Waals surface area contributed by atoms with Gasteiger partial charge in [-0.15, -0.1) is 0 Å². The van der Waals surface area contributed by atoms with Crippen LogP contribution in [-0.2, 0) is 16.6 Å². The van der Waals surface area contributed by atoms with Crippen molar-refractivity contribution in [2.45, 2.75) is 26.7 Å². The highest BCUT2D eigenvalue weighted by Gasteiger charge is 2.28. The second-order valence-corrected chi connectivity index (χ2v) is 9.26. The Bertz CT molecular complexity index is 1370. The molecule has 0 unspecified atom stereocenters. The summed E-state index contributed by atoms with van der Waals surface area (Å²) in [4.78, 5) is 39.8. The van der Waals surface area contributed by atoms with Crippen LogP contribution in [0.4, 0.5) is 11.4 Å². The predicted molar refractivity (Wildman–Crippen MR) is 141 cm³/mol. The molecule has 1 saturated heterocycles. The third kappa shape index (κ3) is 6.11. The molecule has 1 fully saturated rings. The minimum absolute atomic E-state index is 0.137. The number of nitrogens with zero attached hydrogens (tertiary/aromatic N) is 3. The molecule has 0 aliphatic carbocycles. The van der Waals surface area contributed by atoms with Crippen molar-refractivity contribution < 1.29 is 19.1 Å². The van der Waals surface area contributed by atoms with E-state index >= 15 is 0 Å². The Morgan fingerprint density at radius 3 is 2.62 bits per heavy atom. The number of carbonyl (C=O) groups is 2. The van der Waals surface area contributed by atoms with Crippen LogP contribution < -0.4 is 15.6 Å². The fourth-order valence-electron chi connectivity index (χ4n) is 4.16. The Morgan fingerprint density at radius 1 is 1.16 bits per heavy atom. The molecule has 1 aliphatic rings. The number of aryl methyl sites for hydroxylation is 2. The Balaban J connectivity index is 1.52. The monoisotopic (exact) mass is 524 g/mol. The van der Waals surface area contributed by atoms with Crippen molar-refractivity contribution in [3.05, 3.63) is 75.2 Å². The van der Waals surface area contributed by atoms with Crippen LogP contribution in [0.2, 0.25) is 5.02 Å². The van der Waals surface area contributed by atoms with Crippen molar-refractivity contribution >= 4 is 34.9 Å². The van der Waals surface area contributed by atoms with E-state index in [1.54, 1.807) is 61.3 Å². The summed E-state index contributed by atoms with van der Waals surface area (Å²) in [6, 6.07) is 12.1. The highest BCUT2D eigenvalue weighted by molar-refractivity contribution is 6.31. The predicted octanol–water partition coefficient (Wildman–Crippen LogP) is 4.69. The van der Waals surface area contributed by atoms with Crippen LogP contribution in [0.15, 0.2) is 53.5 Å². The van der Waals surface area contributed by atoms with Gasteiger partial charge in [-0.25, -0.2) is 4.68 Å². The van der Waals surface area contributed by atoms with Gasteiger partial charge in [-0.2, -0.15) is 5.10 Å². The van der Waals surface area contributed by atoms with Crippen molar-refractivity contribution in [1.82, 2.24) is 14.7 Å². The minimum atomic E-state index is -0.388. The highest BCUT2D eigenvalue weighted by atomic mass is 35.5. The number of rotatable bonds is 7. The van der Waals surface area contributed by atoms with Gasteiger partial charge in [0, 0.05) is 36.4 Å². The minimum Gasteiger partial charge on any atom is -0.466 e. The van der Waals surface area contributed by atoms with E-state index < -0.39 is 0 Å². The van der Waals surface area contributed by atoms with Crippen LogP contribution in [0, 0.1) is 12.8 Å². The van der Waals surface area contributed by atoms with E-state index in [9.17, 15) is 14.4 Å². The van der Waals surface area contributed by atoms with E-state index in [1.165, 1.54) is 10.9 Å². The molecule has 0 atom stereocenters. The molecular formula is C27H29ClN4O5. The second-order valence-electron chi connectivity index (χ2n) is 8.85. The number of nitrogens with one attached hydrogen (secondary N) is 1. The summed E-state index contributed by atoms with van der Waals surface area (Å²) < 4.78 is 12.3.